The predicted octanol–water partition coefficient (Wildman–Crippen LogP) is 3.53. The molecule has 0 amide bonds. The number of para-hydroxylation sites is 1. The minimum Gasteiger partial charge on any atom is -0.496 e. The molecule has 4 nitrogen and oxygen atoms in total. The largest absolute Gasteiger partial charge is 0.496 e. The van der Waals surface area contributed by atoms with Crippen molar-refractivity contribution in [3.8, 4) is 5.75 Å². The Balaban J connectivity index is 1.99. The summed E-state index contributed by atoms with van der Waals surface area (Å²) in [5.41, 5.74) is 1.98. The normalized spacial score (nSPS) is 19.0. The van der Waals surface area contributed by atoms with E-state index in [9.17, 15) is 8.42 Å². The van der Waals surface area contributed by atoms with Crippen LogP contribution in [0.3, 0.4) is 0 Å². The minimum atomic E-state index is -3.50. The molecule has 23 heavy (non-hydrogen) atoms. The zero-order chi connectivity index (χ0) is 16.4. The summed E-state index contributed by atoms with van der Waals surface area (Å²) in [6, 6.07) is 14.5. The number of aryl methyl sites for hydroxylation is 1. The van der Waals surface area contributed by atoms with Gasteiger partial charge in [-0.25, -0.2) is 8.42 Å². The van der Waals surface area contributed by atoms with Crippen LogP contribution in [-0.4, -0.2) is 26.4 Å². The van der Waals surface area contributed by atoms with Gasteiger partial charge < -0.3 is 4.74 Å². The molecule has 0 spiro atoms. The SMILES string of the molecule is COc1ccccc1[C@@H]1CCCN1S(=O)(=O)c1ccc(C)cc1. The van der Waals surface area contributed by atoms with Gasteiger partial charge >= 0.3 is 0 Å². The lowest BCUT2D eigenvalue weighted by molar-refractivity contribution is 0.367. The molecule has 122 valence electrons. The van der Waals surface area contributed by atoms with Crippen molar-refractivity contribution in [1.29, 1.82) is 0 Å². The summed E-state index contributed by atoms with van der Waals surface area (Å²) in [5, 5.41) is 0. The Morgan fingerprint density at radius 2 is 1.78 bits per heavy atom. The molecule has 0 saturated carbocycles. The molecule has 5 heteroatoms. The summed E-state index contributed by atoms with van der Waals surface area (Å²) in [7, 11) is -1.88. The smallest absolute Gasteiger partial charge is 0.243 e. The van der Waals surface area contributed by atoms with Gasteiger partial charge in [-0.3, -0.25) is 0 Å². The fourth-order valence-corrected chi connectivity index (χ4v) is 4.80. The Kier molecular flexibility index (Phi) is 4.41. The molecule has 1 heterocycles. The number of rotatable bonds is 4. The lowest BCUT2D eigenvalue weighted by Crippen LogP contribution is -2.30. The van der Waals surface area contributed by atoms with Crippen molar-refractivity contribution in [1.82, 2.24) is 4.31 Å². The van der Waals surface area contributed by atoms with Crippen LogP contribution in [-0.2, 0) is 10.0 Å². The highest BCUT2D eigenvalue weighted by Gasteiger charge is 2.37. The first-order valence-corrected chi connectivity index (χ1v) is 9.19. The quantitative estimate of drug-likeness (QED) is 0.861. The standard InChI is InChI=1S/C18H21NO3S/c1-14-9-11-15(12-10-14)23(20,21)19-13-5-7-17(19)16-6-3-4-8-18(16)22-2/h3-4,6,8-12,17H,5,7,13H2,1-2H3/t17-/m0/s1. The Hall–Kier alpha value is -1.85. The van der Waals surface area contributed by atoms with Gasteiger partial charge in [0.2, 0.25) is 10.0 Å². The lowest BCUT2D eigenvalue weighted by atomic mass is 10.0. The third-order valence-corrected chi connectivity index (χ3v) is 6.25. The maximum Gasteiger partial charge on any atom is 0.243 e. The van der Waals surface area contributed by atoms with E-state index in [4.69, 9.17) is 4.74 Å². The molecule has 0 bridgehead atoms. The average Bonchev–Trinajstić information content (AvgIpc) is 3.05. The minimum absolute atomic E-state index is 0.169. The predicted molar refractivity (Wildman–Crippen MR) is 90.0 cm³/mol. The monoisotopic (exact) mass is 331 g/mol. The molecule has 2 aromatic carbocycles. The van der Waals surface area contributed by atoms with Crippen LogP contribution in [0.4, 0.5) is 0 Å². The molecule has 1 fully saturated rings. The van der Waals surface area contributed by atoms with Crippen molar-refractivity contribution in [2.24, 2.45) is 0 Å². The Morgan fingerprint density at radius 3 is 2.48 bits per heavy atom. The van der Waals surface area contributed by atoms with Crippen LogP contribution < -0.4 is 4.74 Å². The Labute approximate surface area is 137 Å². The summed E-state index contributed by atoms with van der Waals surface area (Å²) in [5.74, 6) is 0.739. The van der Waals surface area contributed by atoms with Gasteiger partial charge in [-0.15, -0.1) is 0 Å². The van der Waals surface area contributed by atoms with Gasteiger partial charge in [0.1, 0.15) is 5.75 Å². The number of ether oxygens (including phenoxy) is 1. The van der Waals surface area contributed by atoms with E-state index in [1.165, 1.54) is 0 Å². The number of hydrogen-bond acceptors (Lipinski definition) is 3. The van der Waals surface area contributed by atoms with E-state index in [-0.39, 0.29) is 6.04 Å². The first-order chi connectivity index (χ1) is 11.0. The number of sulfonamides is 1. The summed E-state index contributed by atoms with van der Waals surface area (Å²) in [6.07, 6.45) is 1.67. The molecular formula is C18H21NO3S. The second kappa shape index (κ2) is 6.34. The maximum atomic E-state index is 13.0. The van der Waals surface area contributed by atoms with Crippen LogP contribution in [0.2, 0.25) is 0 Å². The molecule has 1 aliphatic heterocycles. The highest BCUT2D eigenvalue weighted by Crippen LogP contribution is 2.40. The molecule has 3 rings (SSSR count). The van der Waals surface area contributed by atoms with Gasteiger partial charge in [0.25, 0.3) is 0 Å². The van der Waals surface area contributed by atoms with Gasteiger partial charge in [0.15, 0.2) is 0 Å². The number of hydrogen-bond donors (Lipinski definition) is 0. The van der Waals surface area contributed by atoms with Crippen LogP contribution in [0.1, 0.15) is 30.0 Å². The highest BCUT2D eigenvalue weighted by molar-refractivity contribution is 7.89. The third kappa shape index (κ3) is 2.99. The fraction of sp³-hybridized carbons (Fsp3) is 0.333. The first kappa shape index (κ1) is 16.0. The summed E-state index contributed by atoms with van der Waals surface area (Å²) in [4.78, 5) is 0.352. The zero-order valence-corrected chi connectivity index (χ0v) is 14.2. The van der Waals surface area contributed by atoms with E-state index in [0.717, 1.165) is 29.7 Å². The van der Waals surface area contributed by atoms with Gasteiger partial charge in [-0.1, -0.05) is 35.9 Å². The molecule has 1 aliphatic rings. The van der Waals surface area contributed by atoms with Crippen molar-refractivity contribution in [3.63, 3.8) is 0 Å². The third-order valence-electron chi connectivity index (χ3n) is 4.33. The summed E-state index contributed by atoms with van der Waals surface area (Å²) < 4.78 is 33.1. The summed E-state index contributed by atoms with van der Waals surface area (Å²) in [6.45, 7) is 2.49. The lowest BCUT2D eigenvalue weighted by Gasteiger charge is -2.25. The molecule has 0 radical (unpaired) electrons. The maximum absolute atomic E-state index is 13.0. The highest BCUT2D eigenvalue weighted by atomic mass is 32.2. The van der Waals surface area contributed by atoms with E-state index in [1.807, 2.05) is 43.3 Å². The van der Waals surface area contributed by atoms with E-state index in [1.54, 1.807) is 23.5 Å². The van der Waals surface area contributed by atoms with Crippen molar-refractivity contribution < 1.29 is 13.2 Å². The molecule has 0 unspecified atom stereocenters. The molecule has 0 N–H and O–H groups in total. The van der Waals surface area contributed by atoms with Crippen molar-refractivity contribution in [3.05, 3.63) is 59.7 Å². The van der Waals surface area contributed by atoms with Crippen molar-refractivity contribution in [2.75, 3.05) is 13.7 Å². The van der Waals surface area contributed by atoms with E-state index in [2.05, 4.69) is 0 Å². The molecule has 0 aliphatic carbocycles. The number of nitrogens with zero attached hydrogens (tertiary/aromatic N) is 1. The van der Waals surface area contributed by atoms with Crippen LogP contribution >= 0.6 is 0 Å². The van der Waals surface area contributed by atoms with Crippen molar-refractivity contribution >= 4 is 10.0 Å². The van der Waals surface area contributed by atoms with E-state index >= 15 is 0 Å². The number of methoxy groups -OCH3 is 1. The second-order valence-electron chi connectivity index (χ2n) is 5.83. The Bertz CT molecular complexity index is 784. The average molecular weight is 331 g/mol. The van der Waals surface area contributed by atoms with Crippen LogP contribution in [0.5, 0.6) is 5.75 Å². The van der Waals surface area contributed by atoms with E-state index in [0.29, 0.717) is 11.4 Å². The van der Waals surface area contributed by atoms with Crippen LogP contribution in [0.15, 0.2) is 53.4 Å². The van der Waals surface area contributed by atoms with Gasteiger partial charge in [-0.05, 0) is 38.0 Å². The topological polar surface area (TPSA) is 46.6 Å². The van der Waals surface area contributed by atoms with Crippen LogP contribution in [0, 0.1) is 6.92 Å². The molecule has 1 atom stereocenters. The van der Waals surface area contributed by atoms with Gasteiger partial charge in [-0.2, -0.15) is 4.31 Å². The Morgan fingerprint density at radius 1 is 1.09 bits per heavy atom. The molecule has 0 aromatic heterocycles. The molecule has 1 saturated heterocycles. The zero-order valence-electron chi connectivity index (χ0n) is 13.4. The second-order valence-corrected chi connectivity index (χ2v) is 7.72. The first-order valence-electron chi connectivity index (χ1n) is 7.75. The van der Waals surface area contributed by atoms with Gasteiger partial charge in [0, 0.05) is 12.1 Å². The molecular weight excluding hydrogens is 310 g/mol. The number of benzene rings is 2. The van der Waals surface area contributed by atoms with E-state index < -0.39 is 10.0 Å². The molecule has 2 aromatic rings. The van der Waals surface area contributed by atoms with Crippen LogP contribution in [0.25, 0.3) is 0 Å². The summed E-state index contributed by atoms with van der Waals surface area (Å²) >= 11 is 0. The van der Waals surface area contributed by atoms with Crippen molar-refractivity contribution in [2.45, 2.75) is 30.7 Å². The van der Waals surface area contributed by atoms with Gasteiger partial charge in [0.05, 0.1) is 18.0 Å². The fourth-order valence-electron chi connectivity index (χ4n) is 3.13.